The van der Waals surface area contributed by atoms with E-state index in [0.29, 0.717) is 37.1 Å². The topological polar surface area (TPSA) is 79.0 Å². The van der Waals surface area contributed by atoms with Crippen LogP contribution in [0.15, 0.2) is 54.6 Å². The van der Waals surface area contributed by atoms with Crippen LogP contribution in [0, 0.1) is 6.92 Å². The number of rotatable bonds is 5. The van der Waals surface area contributed by atoms with Gasteiger partial charge >= 0.3 is 0 Å². The van der Waals surface area contributed by atoms with E-state index < -0.39 is 11.8 Å². The molecule has 2 unspecified atom stereocenters. The number of amides is 3. The normalized spacial score (nSPS) is 20.3. The molecule has 2 aliphatic heterocycles. The van der Waals surface area contributed by atoms with Gasteiger partial charge in [0.2, 0.25) is 5.91 Å². The van der Waals surface area contributed by atoms with Gasteiger partial charge in [0.05, 0.1) is 6.61 Å². The Balaban J connectivity index is 1.56. The summed E-state index contributed by atoms with van der Waals surface area (Å²) in [4.78, 5) is 43.3. The third-order valence-electron chi connectivity index (χ3n) is 6.90. The van der Waals surface area contributed by atoms with E-state index in [9.17, 15) is 14.4 Å². The molecule has 0 radical (unpaired) electrons. The maximum absolute atomic E-state index is 13.7. The molecule has 2 aromatic carbocycles. The van der Waals surface area contributed by atoms with Crippen molar-refractivity contribution in [2.24, 2.45) is 0 Å². The second-order valence-electron chi connectivity index (χ2n) is 9.29. The van der Waals surface area contributed by atoms with E-state index in [4.69, 9.17) is 4.74 Å². The van der Waals surface area contributed by atoms with Crippen molar-refractivity contribution in [2.45, 2.75) is 57.8 Å². The third kappa shape index (κ3) is 4.71. The number of ether oxygens (including phenoxy) is 1. The Labute approximate surface area is 201 Å². The summed E-state index contributed by atoms with van der Waals surface area (Å²) in [6, 6.07) is 15.9. The Morgan fingerprint density at radius 1 is 1.03 bits per heavy atom. The fourth-order valence-corrected chi connectivity index (χ4v) is 4.75. The van der Waals surface area contributed by atoms with Crippen LogP contribution >= 0.6 is 0 Å². The van der Waals surface area contributed by atoms with Gasteiger partial charge in [0.25, 0.3) is 11.8 Å². The Bertz CT molecular complexity index is 1050. The molecule has 0 aliphatic carbocycles. The first-order chi connectivity index (χ1) is 16.3. The number of carbonyl (C=O) groups is 3. The molecule has 0 saturated carbocycles. The molecule has 2 heterocycles. The number of piperidine rings is 1. The molecule has 4 rings (SSSR count). The van der Waals surface area contributed by atoms with Crippen molar-refractivity contribution in [3.63, 3.8) is 0 Å². The molecule has 2 aromatic rings. The minimum Gasteiger partial charge on any atom is -0.353 e. The van der Waals surface area contributed by atoms with Gasteiger partial charge in [0.1, 0.15) is 11.8 Å². The van der Waals surface area contributed by atoms with Gasteiger partial charge < -0.3 is 15.0 Å². The summed E-state index contributed by atoms with van der Waals surface area (Å²) in [6.07, 6.45) is 1.71. The van der Waals surface area contributed by atoms with E-state index in [1.54, 1.807) is 21.9 Å². The van der Waals surface area contributed by atoms with Crippen LogP contribution in [0.2, 0.25) is 0 Å². The highest BCUT2D eigenvalue weighted by molar-refractivity contribution is 5.98. The van der Waals surface area contributed by atoms with Crippen LogP contribution in [0.1, 0.15) is 59.4 Å². The summed E-state index contributed by atoms with van der Waals surface area (Å²) in [5, 5.41) is 3.01. The third-order valence-corrected chi connectivity index (χ3v) is 6.90. The number of aryl methyl sites for hydroxylation is 1. The minimum absolute atomic E-state index is 0.00604. The first-order valence-electron chi connectivity index (χ1n) is 12.0. The van der Waals surface area contributed by atoms with E-state index in [2.05, 4.69) is 5.32 Å². The molecule has 1 spiro atoms. The van der Waals surface area contributed by atoms with Crippen molar-refractivity contribution < 1.29 is 19.1 Å². The molecule has 0 aromatic heterocycles. The highest BCUT2D eigenvalue weighted by atomic mass is 16.5. The number of carbonyl (C=O) groups excluding carboxylic acids is 3. The van der Waals surface area contributed by atoms with E-state index >= 15 is 0 Å². The molecular weight excluding hydrogens is 430 g/mol. The average molecular weight is 464 g/mol. The Hall–Kier alpha value is -3.19. The zero-order valence-corrected chi connectivity index (χ0v) is 20.1. The van der Waals surface area contributed by atoms with Crippen molar-refractivity contribution >= 4 is 17.7 Å². The van der Waals surface area contributed by atoms with E-state index in [0.717, 1.165) is 12.0 Å². The van der Waals surface area contributed by atoms with Gasteiger partial charge in [-0.25, -0.2) is 0 Å². The quantitative estimate of drug-likeness (QED) is 0.737. The van der Waals surface area contributed by atoms with E-state index in [1.165, 1.54) is 0 Å². The number of hydrogen-bond donors (Lipinski definition) is 1. The van der Waals surface area contributed by atoms with Gasteiger partial charge in [-0.3, -0.25) is 19.3 Å². The van der Waals surface area contributed by atoms with E-state index in [1.807, 2.05) is 63.2 Å². The number of hydrogen-bond acceptors (Lipinski definition) is 4. The molecule has 7 nitrogen and oxygen atoms in total. The monoisotopic (exact) mass is 463 g/mol. The van der Waals surface area contributed by atoms with Gasteiger partial charge in [-0.2, -0.15) is 0 Å². The molecule has 2 atom stereocenters. The van der Waals surface area contributed by atoms with Gasteiger partial charge in [-0.05, 0) is 44.5 Å². The van der Waals surface area contributed by atoms with Gasteiger partial charge in [0.15, 0.2) is 0 Å². The maximum atomic E-state index is 13.7. The molecular formula is C27H33N3O4. The lowest BCUT2D eigenvalue weighted by atomic mass is 9.96. The molecule has 0 bridgehead atoms. The number of likely N-dealkylation sites (tertiary alicyclic amines) is 1. The Morgan fingerprint density at radius 2 is 1.71 bits per heavy atom. The van der Waals surface area contributed by atoms with Crippen molar-refractivity contribution in [3.05, 3.63) is 71.3 Å². The minimum atomic E-state index is -0.909. The van der Waals surface area contributed by atoms with Gasteiger partial charge in [-0.1, -0.05) is 42.8 Å². The molecule has 7 heteroatoms. The molecule has 3 amide bonds. The highest BCUT2D eigenvalue weighted by Gasteiger charge is 2.54. The van der Waals surface area contributed by atoms with Gasteiger partial charge in [0, 0.05) is 43.1 Å². The summed E-state index contributed by atoms with van der Waals surface area (Å²) in [5.41, 5.74) is 1.31. The summed E-state index contributed by atoms with van der Waals surface area (Å²) in [6.45, 7) is 6.96. The van der Waals surface area contributed by atoms with Crippen LogP contribution in [0.25, 0.3) is 0 Å². The standard InChI is InChI=1S/C27H33N3O4/c1-4-20(3)28-24(31)23-18-34-27(30(23)26(33)21-10-6-5-7-11-21)13-15-29(16-14-27)25(32)22-12-8-9-19(2)17-22/h5-12,17,20,23H,4,13-16,18H2,1-3H3,(H,28,31). The van der Waals surface area contributed by atoms with Crippen molar-refractivity contribution in [3.8, 4) is 0 Å². The lowest BCUT2D eigenvalue weighted by Gasteiger charge is -2.44. The predicted molar refractivity (Wildman–Crippen MR) is 129 cm³/mol. The van der Waals surface area contributed by atoms with Crippen LogP contribution < -0.4 is 5.32 Å². The molecule has 1 N–H and O–H groups in total. The van der Waals surface area contributed by atoms with Crippen LogP contribution in [-0.4, -0.2) is 65.0 Å². The molecule has 180 valence electrons. The summed E-state index contributed by atoms with van der Waals surface area (Å²) < 4.78 is 6.24. The van der Waals surface area contributed by atoms with Gasteiger partial charge in [-0.15, -0.1) is 0 Å². The fraction of sp³-hybridized carbons (Fsp3) is 0.444. The van der Waals surface area contributed by atoms with Crippen LogP contribution in [0.5, 0.6) is 0 Å². The Kier molecular flexibility index (Phi) is 7.03. The fourth-order valence-electron chi connectivity index (χ4n) is 4.75. The van der Waals surface area contributed by atoms with Crippen molar-refractivity contribution in [1.82, 2.24) is 15.1 Å². The number of nitrogens with zero attached hydrogens (tertiary/aromatic N) is 2. The number of benzene rings is 2. The molecule has 2 saturated heterocycles. The maximum Gasteiger partial charge on any atom is 0.256 e. The Morgan fingerprint density at radius 3 is 2.35 bits per heavy atom. The lowest BCUT2D eigenvalue weighted by molar-refractivity contribution is -0.128. The molecule has 34 heavy (non-hydrogen) atoms. The molecule has 2 aliphatic rings. The summed E-state index contributed by atoms with van der Waals surface area (Å²) >= 11 is 0. The second kappa shape index (κ2) is 9.97. The lowest BCUT2D eigenvalue weighted by Crippen LogP contribution is -2.60. The van der Waals surface area contributed by atoms with Crippen molar-refractivity contribution in [2.75, 3.05) is 19.7 Å². The second-order valence-corrected chi connectivity index (χ2v) is 9.29. The average Bonchev–Trinajstić information content (AvgIpc) is 3.22. The summed E-state index contributed by atoms with van der Waals surface area (Å²) in [7, 11) is 0. The number of nitrogens with one attached hydrogen (secondary N) is 1. The van der Waals surface area contributed by atoms with Crippen molar-refractivity contribution in [1.29, 1.82) is 0 Å². The zero-order chi connectivity index (χ0) is 24.3. The largest absolute Gasteiger partial charge is 0.353 e. The zero-order valence-electron chi connectivity index (χ0n) is 20.1. The first kappa shape index (κ1) is 24.0. The van der Waals surface area contributed by atoms with Crippen LogP contribution in [-0.2, 0) is 9.53 Å². The predicted octanol–water partition coefficient (Wildman–Crippen LogP) is 3.38. The highest BCUT2D eigenvalue weighted by Crippen LogP contribution is 2.39. The van der Waals surface area contributed by atoms with E-state index in [-0.39, 0.29) is 30.4 Å². The molecule has 2 fully saturated rings. The van der Waals surface area contributed by atoms with Crippen LogP contribution in [0.4, 0.5) is 0 Å². The SMILES string of the molecule is CCC(C)NC(=O)C1COC2(CCN(C(=O)c3cccc(C)c3)CC2)N1C(=O)c1ccccc1. The summed E-state index contributed by atoms with van der Waals surface area (Å²) in [5.74, 6) is -0.446. The smallest absolute Gasteiger partial charge is 0.256 e. The van der Waals surface area contributed by atoms with Crippen LogP contribution in [0.3, 0.4) is 0 Å². The first-order valence-corrected chi connectivity index (χ1v) is 12.0.